The molecule has 1 fully saturated rings. The third-order valence-corrected chi connectivity index (χ3v) is 3.25. The van der Waals surface area contributed by atoms with Crippen molar-refractivity contribution < 1.29 is 8.42 Å². The number of sulfonamides is 1. The van der Waals surface area contributed by atoms with E-state index in [2.05, 4.69) is 0 Å². The fraction of sp³-hybridized carbons (Fsp3) is 1.00. The molecule has 0 radical (unpaired) electrons. The van der Waals surface area contributed by atoms with Gasteiger partial charge in [0.1, 0.15) is 0 Å². The summed E-state index contributed by atoms with van der Waals surface area (Å²) in [5.41, 5.74) is 5.50. The quantitative estimate of drug-likeness (QED) is 0.529. The molecule has 0 aromatic rings. The van der Waals surface area contributed by atoms with Gasteiger partial charge >= 0.3 is 0 Å². The lowest BCUT2D eigenvalue weighted by atomic mass is 10.3. The molecule has 0 spiro atoms. The van der Waals surface area contributed by atoms with Crippen LogP contribution >= 0.6 is 0 Å². The molecule has 1 aliphatic rings. The molecule has 1 rings (SSSR count). The Morgan fingerprint density at radius 3 is 2.10 bits per heavy atom. The molecule has 4 nitrogen and oxygen atoms in total. The van der Waals surface area contributed by atoms with Crippen molar-refractivity contribution >= 4 is 10.0 Å². The molecular formula is C5H12N2O2S. The van der Waals surface area contributed by atoms with Crippen LogP contribution in [0.4, 0.5) is 0 Å². The summed E-state index contributed by atoms with van der Waals surface area (Å²) in [6.07, 6.45) is 1.93. The van der Waals surface area contributed by atoms with Crippen molar-refractivity contribution in [3.63, 3.8) is 0 Å². The normalized spacial score (nSPS) is 34.6. The van der Waals surface area contributed by atoms with Gasteiger partial charge in [-0.25, -0.2) is 13.6 Å². The molecule has 1 saturated carbocycles. The zero-order chi connectivity index (χ0) is 7.78. The molecule has 5 heteroatoms. The lowest BCUT2D eigenvalue weighted by molar-refractivity contribution is 0.579. The van der Waals surface area contributed by atoms with Crippen LogP contribution in [0.15, 0.2) is 0 Å². The Morgan fingerprint density at radius 1 is 1.30 bits per heavy atom. The smallest absolute Gasteiger partial charge is 0.212 e. The third kappa shape index (κ3) is 1.68. The second-order valence-electron chi connectivity index (χ2n) is 2.78. The van der Waals surface area contributed by atoms with Gasteiger partial charge in [-0.05, 0) is 19.3 Å². The lowest BCUT2D eigenvalue weighted by Crippen LogP contribution is -2.27. The van der Waals surface area contributed by atoms with E-state index in [0.29, 0.717) is 12.8 Å². The van der Waals surface area contributed by atoms with Crippen molar-refractivity contribution in [2.24, 2.45) is 10.9 Å². The van der Waals surface area contributed by atoms with Crippen molar-refractivity contribution in [3.05, 3.63) is 0 Å². The van der Waals surface area contributed by atoms with E-state index in [-0.39, 0.29) is 11.3 Å². The largest absolute Gasteiger partial charge is 0.328 e. The number of nitrogens with two attached hydrogens (primary N) is 2. The third-order valence-electron chi connectivity index (χ3n) is 1.89. The van der Waals surface area contributed by atoms with E-state index < -0.39 is 10.0 Å². The van der Waals surface area contributed by atoms with Gasteiger partial charge in [0.2, 0.25) is 10.0 Å². The zero-order valence-electron chi connectivity index (χ0n) is 5.66. The first-order valence-electron chi connectivity index (χ1n) is 3.27. The molecule has 10 heavy (non-hydrogen) atoms. The molecule has 0 aromatic heterocycles. The maximum atomic E-state index is 10.7. The molecule has 2 atom stereocenters. The lowest BCUT2D eigenvalue weighted by Gasteiger charge is -2.04. The monoisotopic (exact) mass is 164 g/mol. The van der Waals surface area contributed by atoms with Crippen molar-refractivity contribution in [2.75, 3.05) is 0 Å². The Labute approximate surface area is 60.6 Å². The van der Waals surface area contributed by atoms with E-state index in [9.17, 15) is 8.42 Å². The van der Waals surface area contributed by atoms with E-state index in [1.54, 1.807) is 0 Å². The van der Waals surface area contributed by atoms with E-state index >= 15 is 0 Å². The molecule has 0 unspecified atom stereocenters. The molecule has 0 aliphatic heterocycles. The van der Waals surface area contributed by atoms with Crippen molar-refractivity contribution in [1.29, 1.82) is 0 Å². The summed E-state index contributed by atoms with van der Waals surface area (Å²) in [7, 11) is -3.32. The fourth-order valence-corrected chi connectivity index (χ4v) is 2.25. The van der Waals surface area contributed by atoms with E-state index in [1.165, 1.54) is 0 Å². The van der Waals surface area contributed by atoms with E-state index in [0.717, 1.165) is 6.42 Å². The van der Waals surface area contributed by atoms with Crippen LogP contribution < -0.4 is 10.9 Å². The summed E-state index contributed by atoms with van der Waals surface area (Å²) >= 11 is 0. The van der Waals surface area contributed by atoms with Gasteiger partial charge in [-0.2, -0.15) is 0 Å². The number of hydrogen-bond acceptors (Lipinski definition) is 3. The maximum absolute atomic E-state index is 10.7. The van der Waals surface area contributed by atoms with Crippen LogP contribution in [0, 0.1) is 0 Å². The van der Waals surface area contributed by atoms with Crippen LogP contribution in [0.25, 0.3) is 0 Å². The fourth-order valence-electron chi connectivity index (χ4n) is 1.27. The van der Waals surface area contributed by atoms with Crippen LogP contribution in [-0.4, -0.2) is 19.7 Å². The molecule has 0 aromatic carbocycles. The highest BCUT2D eigenvalue weighted by Gasteiger charge is 2.29. The topological polar surface area (TPSA) is 86.2 Å². The van der Waals surface area contributed by atoms with Gasteiger partial charge in [-0.3, -0.25) is 0 Å². The van der Waals surface area contributed by atoms with Crippen LogP contribution in [0.3, 0.4) is 0 Å². The first-order valence-corrected chi connectivity index (χ1v) is 4.88. The standard InChI is InChI=1S/C5H12N2O2S/c6-4-1-2-5(3-4)10(7,8)9/h4-5H,1-3,6H2,(H2,7,8,9)/t4-,5-/m1/s1. The first kappa shape index (κ1) is 7.97. The van der Waals surface area contributed by atoms with Gasteiger partial charge in [0, 0.05) is 6.04 Å². The Morgan fingerprint density at radius 2 is 1.90 bits per heavy atom. The highest BCUT2D eigenvalue weighted by molar-refractivity contribution is 7.89. The van der Waals surface area contributed by atoms with Crippen molar-refractivity contribution in [1.82, 2.24) is 0 Å². The minimum Gasteiger partial charge on any atom is -0.328 e. The van der Waals surface area contributed by atoms with Gasteiger partial charge in [0.15, 0.2) is 0 Å². The minimum absolute atomic E-state index is 0.0309. The summed E-state index contributed by atoms with van der Waals surface area (Å²) in [6, 6.07) is 0.0309. The Kier molecular flexibility index (Phi) is 1.98. The average Bonchev–Trinajstić information content (AvgIpc) is 2.11. The molecule has 4 N–H and O–H groups in total. The van der Waals surface area contributed by atoms with E-state index in [1.807, 2.05) is 0 Å². The predicted octanol–water partition coefficient (Wildman–Crippen LogP) is -0.845. The van der Waals surface area contributed by atoms with Crippen molar-refractivity contribution in [3.8, 4) is 0 Å². The molecule has 0 bridgehead atoms. The number of primary sulfonamides is 1. The van der Waals surface area contributed by atoms with E-state index in [4.69, 9.17) is 10.9 Å². The number of hydrogen-bond donors (Lipinski definition) is 2. The van der Waals surface area contributed by atoms with Crippen LogP contribution in [0.2, 0.25) is 0 Å². The van der Waals surface area contributed by atoms with Crippen LogP contribution in [-0.2, 0) is 10.0 Å². The van der Waals surface area contributed by atoms with Crippen molar-refractivity contribution in [2.45, 2.75) is 30.6 Å². The second-order valence-corrected chi connectivity index (χ2v) is 4.63. The van der Waals surface area contributed by atoms with Gasteiger partial charge in [-0.15, -0.1) is 0 Å². The SMILES string of the molecule is N[C@@H]1CC[C@@H](S(N)(=O)=O)C1. The molecule has 0 amide bonds. The summed E-state index contributed by atoms with van der Waals surface area (Å²) in [6.45, 7) is 0. The van der Waals surface area contributed by atoms with Crippen LogP contribution in [0.1, 0.15) is 19.3 Å². The van der Waals surface area contributed by atoms with Crippen LogP contribution in [0.5, 0.6) is 0 Å². The summed E-state index contributed by atoms with van der Waals surface area (Å²) in [4.78, 5) is 0. The first-order chi connectivity index (χ1) is 4.50. The molecule has 0 heterocycles. The molecule has 1 aliphatic carbocycles. The van der Waals surface area contributed by atoms with Gasteiger partial charge in [0.25, 0.3) is 0 Å². The molecular weight excluding hydrogens is 152 g/mol. The highest BCUT2D eigenvalue weighted by atomic mass is 32.2. The van der Waals surface area contributed by atoms with Gasteiger partial charge < -0.3 is 5.73 Å². The Hall–Kier alpha value is -0.130. The number of rotatable bonds is 1. The maximum Gasteiger partial charge on any atom is 0.212 e. The average molecular weight is 164 g/mol. The summed E-state index contributed by atoms with van der Waals surface area (Å²) in [5, 5.41) is 4.53. The van der Waals surface area contributed by atoms with Gasteiger partial charge in [0.05, 0.1) is 5.25 Å². The summed E-state index contributed by atoms with van der Waals surface area (Å²) in [5.74, 6) is 0. The highest BCUT2D eigenvalue weighted by Crippen LogP contribution is 2.21. The second kappa shape index (κ2) is 2.48. The minimum atomic E-state index is -3.32. The molecule has 60 valence electrons. The zero-order valence-corrected chi connectivity index (χ0v) is 6.47. The Balaban J connectivity index is 2.62. The Bertz CT molecular complexity index is 212. The summed E-state index contributed by atoms with van der Waals surface area (Å²) < 4.78 is 21.4. The van der Waals surface area contributed by atoms with Gasteiger partial charge in [-0.1, -0.05) is 0 Å². The predicted molar refractivity (Wildman–Crippen MR) is 38.7 cm³/mol. The molecule has 0 saturated heterocycles.